The van der Waals surface area contributed by atoms with Crippen LogP contribution in [0.15, 0.2) is 122 Å². The molecule has 12 heteroatoms. The van der Waals surface area contributed by atoms with E-state index >= 15 is 0 Å². The predicted octanol–water partition coefficient (Wildman–Crippen LogP) is -3.43. The van der Waals surface area contributed by atoms with E-state index in [-0.39, 0.29) is 95.9 Å². The van der Waals surface area contributed by atoms with E-state index in [4.69, 9.17) is 9.97 Å². The maximum Gasteiger partial charge on any atom is 0.169 e. The standard InChI is InChI=1S/C48H45N8.4HI/c1-5-53-25-17-33(18-26-53)45-37-9-11-39(49-37)46(34-19-27-54(6-2)28-20-34)41-13-15-43(51-41)48(36-23-31-56(8-4)32-24-36)44-16-14-42(52-44)47(40-12-10-38(45)50-40)35-21-29-55(7-3)30-22-35;;;;/h9-32H,5-8H2,1-4H3,(H,49,50,51,52);4*1H/q+3;;;;/p-3. The lowest BCUT2D eigenvalue weighted by Gasteiger charge is -2.06. The number of fused-ring (bicyclic) bond motifs is 8. The van der Waals surface area contributed by atoms with Crippen LogP contribution in [0.2, 0.25) is 0 Å². The fourth-order valence-corrected chi connectivity index (χ4v) is 7.76. The van der Waals surface area contributed by atoms with Crippen molar-refractivity contribution in [3.8, 4) is 44.5 Å². The van der Waals surface area contributed by atoms with Gasteiger partial charge in [0.05, 0.1) is 22.8 Å². The van der Waals surface area contributed by atoms with Crippen LogP contribution in [0.1, 0.15) is 50.5 Å². The molecule has 0 radical (unpaired) electrons. The fraction of sp³-hybridized carbons (Fsp3) is 0.167. The molecule has 0 aromatic carbocycles. The highest BCUT2D eigenvalue weighted by Gasteiger charge is 2.20. The number of hydrogen-bond donors (Lipinski definition) is 2. The van der Waals surface area contributed by atoms with E-state index in [0.717, 1.165) is 116 Å². The molecule has 0 amide bonds. The van der Waals surface area contributed by atoms with Crippen LogP contribution in [0.3, 0.4) is 0 Å². The summed E-state index contributed by atoms with van der Waals surface area (Å²) in [4.78, 5) is 18.6. The second kappa shape index (κ2) is 20.8. The summed E-state index contributed by atoms with van der Waals surface area (Å²) in [5.41, 5.74) is 16.1. The van der Waals surface area contributed by atoms with Crippen LogP contribution in [-0.2, 0) is 26.2 Å². The van der Waals surface area contributed by atoms with E-state index in [0.29, 0.717) is 0 Å². The van der Waals surface area contributed by atoms with Gasteiger partial charge in [0.25, 0.3) is 0 Å². The first-order valence-electron chi connectivity index (χ1n) is 19.7. The van der Waals surface area contributed by atoms with Gasteiger partial charge in [-0.25, -0.2) is 28.2 Å². The van der Waals surface area contributed by atoms with Crippen molar-refractivity contribution >= 4 is 46.4 Å². The number of aromatic nitrogens is 8. The molecule has 0 saturated carbocycles. The quantitative estimate of drug-likeness (QED) is 0.123. The van der Waals surface area contributed by atoms with Crippen molar-refractivity contribution < 1.29 is 114 Å². The molecule has 2 aliphatic heterocycles. The Morgan fingerprint density at radius 2 is 0.533 bits per heavy atom. The van der Waals surface area contributed by atoms with Crippen molar-refractivity contribution in [3.63, 3.8) is 0 Å². The van der Waals surface area contributed by atoms with Crippen LogP contribution in [0, 0.1) is 0 Å². The maximum absolute atomic E-state index is 5.45. The van der Waals surface area contributed by atoms with Crippen molar-refractivity contribution in [2.24, 2.45) is 0 Å². The summed E-state index contributed by atoms with van der Waals surface area (Å²) in [6, 6.07) is 26.2. The zero-order chi connectivity index (χ0) is 38.2. The monoisotopic (exact) mass is 1240 g/mol. The molecule has 0 aliphatic carbocycles. The normalized spacial score (nSPS) is 11.3. The number of nitrogens with zero attached hydrogens (tertiary/aromatic N) is 6. The average molecular weight is 1240 g/mol. The number of rotatable bonds is 8. The molecule has 2 N–H and O–H groups in total. The van der Waals surface area contributed by atoms with Gasteiger partial charge in [-0.1, -0.05) is 0 Å². The fourth-order valence-electron chi connectivity index (χ4n) is 7.76. The van der Waals surface area contributed by atoms with Gasteiger partial charge in [-0.3, -0.25) is 0 Å². The Hall–Kier alpha value is -3.88. The number of aromatic amines is 2. The zero-order valence-electron chi connectivity index (χ0n) is 33.9. The van der Waals surface area contributed by atoms with E-state index in [1.807, 2.05) is 0 Å². The summed E-state index contributed by atoms with van der Waals surface area (Å²) in [5, 5.41) is 0. The first-order chi connectivity index (χ1) is 27.5. The Balaban J connectivity index is 0.00000171. The van der Waals surface area contributed by atoms with Gasteiger partial charge in [0.2, 0.25) is 0 Å². The summed E-state index contributed by atoms with van der Waals surface area (Å²) in [6.45, 7) is 12.2. The number of halogens is 4. The van der Waals surface area contributed by atoms with Crippen molar-refractivity contribution in [3.05, 3.63) is 145 Å². The minimum Gasteiger partial charge on any atom is -1.00 e. The molecule has 60 heavy (non-hydrogen) atoms. The average Bonchev–Trinajstić information content (AvgIpc) is 4.10. The molecule has 0 atom stereocenters. The topological polar surface area (TPSA) is 72.9 Å². The Morgan fingerprint density at radius 3 is 0.717 bits per heavy atom. The van der Waals surface area contributed by atoms with Gasteiger partial charge < -0.3 is 106 Å². The zero-order valence-corrected chi connectivity index (χ0v) is 42.5. The number of H-pyrrole nitrogens is 2. The Kier molecular flexibility index (Phi) is 16.3. The third-order valence-corrected chi connectivity index (χ3v) is 10.9. The highest BCUT2D eigenvalue weighted by atomic mass is 127. The van der Waals surface area contributed by atoms with Crippen molar-refractivity contribution in [1.82, 2.24) is 19.9 Å². The molecule has 8 nitrogen and oxygen atoms in total. The van der Waals surface area contributed by atoms with Gasteiger partial charge in [-0.05, 0) is 98.5 Å². The Morgan fingerprint density at radius 1 is 0.333 bits per heavy atom. The molecule has 0 fully saturated rings. The third-order valence-electron chi connectivity index (χ3n) is 10.9. The molecule has 9 rings (SSSR count). The van der Waals surface area contributed by atoms with Gasteiger partial charge in [0.15, 0.2) is 49.6 Å². The highest BCUT2D eigenvalue weighted by molar-refractivity contribution is 5.99. The Labute approximate surface area is 419 Å². The first-order valence-corrected chi connectivity index (χ1v) is 19.7. The lowest BCUT2D eigenvalue weighted by atomic mass is 10.0. The number of aryl methyl sites for hydroxylation is 4. The summed E-state index contributed by atoms with van der Waals surface area (Å²) in [7, 11) is 0. The molecule has 0 unspecified atom stereocenters. The molecule has 9 heterocycles. The van der Waals surface area contributed by atoms with Crippen LogP contribution in [0.5, 0.6) is 0 Å². The smallest absolute Gasteiger partial charge is 0.169 e. The molecule has 0 spiro atoms. The van der Waals surface area contributed by atoms with Crippen LogP contribution in [-0.4, -0.2) is 19.9 Å². The molecule has 8 bridgehead atoms. The van der Waals surface area contributed by atoms with Gasteiger partial charge in [0.1, 0.15) is 26.2 Å². The van der Waals surface area contributed by atoms with Crippen LogP contribution >= 0.6 is 0 Å². The molecule has 2 aliphatic rings. The summed E-state index contributed by atoms with van der Waals surface area (Å²) < 4.78 is 8.73. The van der Waals surface area contributed by atoms with E-state index in [9.17, 15) is 0 Å². The predicted molar refractivity (Wildman–Crippen MR) is 224 cm³/mol. The minimum absolute atomic E-state index is 0. The summed E-state index contributed by atoms with van der Waals surface area (Å²) >= 11 is 0. The lowest BCUT2D eigenvalue weighted by Crippen LogP contribution is -3.00. The van der Waals surface area contributed by atoms with Crippen LogP contribution in [0.25, 0.3) is 90.9 Å². The number of pyridine rings is 4. The van der Waals surface area contributed by atoms with E-state index < -0.39 is 0 Å². The molecule has 0 saturated heterocycles. The largest absolute Gasteiger partial charge is 1.00 e. The third kappa shape index (κ3) is 9.30. The molecular weight excluding hydrogens is 1200 g/mol. The van der Waals surface area contributed by atoms with Crippen LogP contribution in [0.4, 0.5) is 0 Å². The van der Waals surface area contributed by atoms with Gasteiger partial charge in [0, 0.05) is 92.9 Å². The molecule has 7 aromatic rings. The molecule has 7 aromatic heterocycles. The highest BCUT2D eigenvalue weighted by Crippen LogP contribution is 2.38. The first kappa shape index (κ1) is 47.2. The summed E-state index contributed by atoms with van der Waals surface area (Å²) in [6.07, 6.45) is 25.8. The molecular formula is C48H46I4N8. The van der Waals surface area contributed by atoms with Gasteiger partial charge >= 0.3 is 0 Å². The maximum atomic E-state index is 5.45. The number of nitrogens with one attached hydrogen (secondary N) is 2. The van der Waals surface area contributed by atoms with E-state index in [2.05, 4.69) is 203 Å². The van der Waals surface area contributed by atoms with E-state index in [1.165, 1.54) is 0 Å². The van der Waals surface area contributed by atoms with E-state index in [1.54, 1.807) is 0 Å². The van der Waals surface area contributed by atoms with Crippen LogP contribution < -0.4 is 114 Å². The molecule has 306 valence electrons. The number of hydrogen-bond acceptors (Lipinski definition) is 2. The summed E-state index contributed by atoms with van der Waals surface area (Å²) in [5.74, 6) is 0. The minimum atomic E-state index is 0. The van der Waals surface area contributed by atoms with Gasteiger partial charge in [-0.15, -0.1) is 0 Å². The van der Waals surface area contributed by atoms with Crippen molar-refractivity contribution in [1.29, 1.82) is 0 Å². The van der Waals surface area contributed by atoms with Gasteiger partial charge in [-0.2, -0.15) is 0 Å². The second-order valence-corrected chi connectivity index (χ2v) is 14.2. The lowest BCUT2D eigenvalue weighted by molar-refractivity contribution is -0.693. The SMILES string of the molecule is CC[n+]1ccc(-c2c3nc(c(-c4cc[n+](CC)cc4)c4ccc([nH]4)c(-c4cc[n+](CC)cc4)c4nc(c(-c5cc[n+](CC)cc5)c5ccc2[nH]5)C=C4)C=C3)cc1.[I-].[I-].[I-].[I-]. The van der Waals surface area contributed by atoms with Crippen molar-refractivity contribution in [2.45, 2.75) is 53.9 Å². The Bertz CT molecular complexity index is 2450. The van der Waals surface area contributed by atoms with Crippen molar-refractivity contribution in [2.75, 3.05) is 0 Å². The second-order valence-electron chi connectivity index (χ2n) is 14.2.